The van der Waals surface area contributed by atoms with Crippen molar-refractivity contribution in [1.29, 1.82) is 0 Å². The Kier molecular flexibility index (Phi) is 7.24. The Bertz CT molecular complexity index is 1810. The Morgan fingerprint density at radius 3 is 2.64 bits per heavy atom. The Morgan fingerprint density at radius 1 is 1.05 bits per heavy atom. The molecule has 1 saturated heterocycles. The lowest BCUT2D eigenvalue weighted by molar-refractivity contribution is -0.139. The van der Waals surface area contributed by atoms with Gasteiger partial charge in [0.15, 0.2) is 11.4 Å². The minimum Gasteiger partial charge on any atom is -0.354 e. The van der Waals surface area contributed by atoms with E-state index in [1.54, 1.807) is 16.8 Å². The number of benzene rings is 2. The summed E-state index contributed by atoms with van der Waals surface area (Å²) in [4.78, 5) is 44.7. The topological polar surface area (TPSA) is 114 Å². The zero-order valence-corrected chi connectivity index (χ0v) is 23.3. The van der Waals surface area contributed by atoms with Crippen LogP contribution < -0.4 is 5.32 Å². The van der Waals surface area contributed by atoms with Crippen LogP contribution >= 0.6 is 0 Å². The molecule has 2 amide bonds. The van der Waals surface area contributed by atoms with Crippen LogP contribution in [0.5, 0.6) is 0 Å². The van der Waals surface area contributed by atoms with Gasteiger partial charge in [0.2, 0.25) is 11.8 Å². The highest BCUT2D eigenvalue weighted by molar-refractivity contribution is 6.06. The van der Waals surface area contributed by atoms with Crippen LogP contribution in [0.3, 0.4) is 0 Å². The molecule has 1 aliphatic heterocycles. The number of aryl methyl sites for hydroxylation is 1. The Hall–Kier alpha value is -4.93. The van der Waals surface area contributed by atoms with Gasteiger partial charge in [-0.15, -0.1) is 0 Å². The molecule has 0 unspecified atom stereocenters. The molecule has 4 heterocycles. The van der Waals surface area contributed by atoms with E-state index >= 15 is 0 Å². The van der Waals surface area contributed by atoms with Crippen LogP contribution in [0.1, 0.15) is 35.1 Å². The average Bonchev–Trinajstić information content (AvgIpc) is 3.66. The van der Waals surface area contributed by atoms with Crippen molar-refractivity contribution >= 4 is 34.1 Å². The van der Waals surface area contributed by atoms with E-state index in [2.05, 4.69) is 20.5 Å². The van der Waals surface area contributed by atoms with E-state index in [0.29, 0.717) is 23.9 Å². The highest BCUT2D eigenvalue weighted by Crippen LogP contribution is 2.28. The fourth-order valence-electron chi connectivity index (χ4n) is 5.50. The van der Waals surface area contributed by atoms with Crippen molar-refractivity contribution in [3.05, 3.63) is 83.9 Å². The second-order valence-electron chi connectivity index (χ2n) is 10.6. The van der Waals surface area contributed by atoms with Gasteiger partial charge in [0.25, 0.3) is 0 Å². The molecule has 1 aliphatic rings. The van der Waals surface area contributed by atoms with Gasteiger partial charge in [-0.1, -0.05) is 36.4 Å². The third-order valence-corrected chi connectivity index (χ3v) is 7.57. The molecule has 2 aromatic carbocycles. The van der Waals surface area contributed by atoms with Crippen molar-refractivity contribution in [2.45, 2.75) is 45.4 Å². The maximum Gasteiger partial charge on any atom is 0.245 e. The summed E-state index contributed by atoms with van der Waals surface area (Å²) in [5, 5.41) is 12.3. The van der Waals surface area contributed by atoms with Crippen molar-refractivity contribution in [2.24, 2.45) is 0 Å². The number of ketones is 1. The molecule has 42 heavy (non-hydrogen) atoms. The number of hydrogen-bond acceptors (Lipinski definition) is 6. The monoisotopic (exact) mass is 567 g/mol. The van der Waals surface area contributed by atoms with Crippen LogP contribution in [0.15, 0.2) is 67.0 Å². The lowest BCUT2D eigenvalue weighted by Crippen LogP contribution is -2.47. The Morgan fingerprint density at radius 2 is 1.86 bits per heavy atom. The molecule has 2 atom stereocenters. The van der Waals surface area contributed by atoms with E-state index in [4.69, 9.17) is 0 Å². The number of nitrogens with one attached hydrogen (secondary N) is 1. The molecule has 6 rings (SSSR count). The quantitative estimate of drug-likeness (QED) is 0.287. The number of carbonyl (C=O) groups is 3. The lowest BCUT2D eigenvalue weighted by atomic mass is 10.0. The standard InChI is InChI=1S/C31H30FN7O3/c1-19-12-28-34-15-23(16-39(28)35-19)22-8-9-26-25(13-22)30(20(2)40)36-38(26)18-29(41)37-17-24(32)14-27(37)31(42)33-11-10-21-6-4-3-5-7-21/h3-9,12-13,15-16,24,27H,10-11,14,17-18H2,1-2H3,(H,33,42)/t24-,27+/m1/s1. The normalized spacial score (nSPS) is 16.8. The van der Waals surface area contributed by atoms with Gasteiger partial charge >= 0.3 is 0 Å². The van der Waals surface area contributed by atoms with Crippen LogP contribution in [-0.2, 0) is 22.6 Å². The van der Waals surface area contributed by atoms with E-state index in [9.17, 15) is 18.8 Å². The maximum atomic E-state index is 14.5. The van der Waals surface area contributed by atoms with Gasteiger partial charge in [0, 0.05) is 49.3 Å². The zero-order valence-electron chi connectivity index (χ0n) is 23.3. The number of rotatable bonds is 8. The van der Waals surface area contributed by atoms with Gasteiger partial charge in [-0.2, -0.15) is 10.2 Å². The van der Waals surface area contributed by atoms with Gasteiger partial charge in [-0.25, -0.2) is 13.9 Å². The molecule has 0 radical (unpaired) electrons. The summed E-state index contributed by atoms with van der Waals surface area (Å²) in [5.41, 5.74) is 5.08. The number of amides is 2. The first-order valence-electron chi connectivity index (χ1n) is 13.9. The molecule has 1 fully saturated rings. The van der Waals surface area contributed by atoms with Crippen LogP contribution in [0.2, 0.25) is 0 Å². The Labute approximate surface area is 241 Å². The highest BCUT2D eigenvalue weighted by Gasteiger charge is 2.39. The molecular weight excluding hydrogens is 537 g/mol. The minimum absolute atomic E-state index is 0.0566. The SMILES string of the molecule is CC(=O)c1nn(CC(=O)N2C[C@H](F)C[C@H]2C(=O)NCCc2ccccc2)c2ccc(-c3cnc4cc(C)nn4c3)cc12. The number of fused-ring (bicyclic) bond motifs is 2. The van der Waals surface area contributed by atoms with Gasteiger partial charge in [0.05, 0.1) is 17.8 Å². The zero-order chi connectivity index (χ0) is 29.4. The molecule has 0 spiro atoms. The summed E-state index contributed by atoms with van der Waals surface area (Å²) in [5.74, 6) is -1.07. The second kappa shape index (κ2) is 11.2. The predicted molar refractivity (Wildman–Crippen MR) is 155 cm³/mol. The van der Waals surface area contributed by atoms with Gasteiger partial charge < -0.3 is 10.2 Å². The number of Topliss-reactive ketones (excluding diaryl/α,β-unsaturated/α-hetero) is 1. The third-order valence-electron chi connectivity index (χ3n) is 7.57. The van der Waals surface area contributed by atoms with Crippen molar-refractivity contribution in [2.75, 3.05) is 13.1 Å². The fourth-order valence-corrected chi connectivity index (χ4v) is 5.50. The molecule has 0 saturated carbocycles. The van der Waals surface area contributed by atoms with E-state index in [1.165, 1.54) is 16.5 Å². The summed E-state index contributed by atoms with van der Waals surface area (Å²) >= 11 is 0. The van der Waals surface area contributed by atoms with Crippen molar-refractivity contribution < 1.29 is 18.8 Å². The molecule has 3 aromatic heterocycles. The first-order chi connectivity index (χ1) is 20.3. The van der Waals surface area contributed by atoms with Crippen molar-refractivity contribution in [3.8, 4) is 11.1 Å². The third kappa shape index (κ3) is 5.37. The first kappa shape index (κ1) is 27.3. The number of likely N-dealkylation sites (tertiary alicyclic amines) is 1. The van der Waals surface area contributed by atoms with E-state index in [1.807, 2.05) is 61.7 Å². The predicted octanol–water partition coefficient (Wildman–Crippen LogP) is 3.55. The molecule has 214 valence electrons. The van der Waals surface area contributed by atoms with Crippen LogP contribution in [0.25, 0.3) is 27.7 Å². The van der Waals surface area contributed by atoms with Gasteiger partial charge in [-0.05, 0) is 36.6 Å². The number of nitrogens with zero attached hydrogens (tertiary/aromatic N) is 6. The number of carbonyl (C=O) groups excluding carboxylic acids is 3. The molecule has 0 aliphatic carbocycles. The molecule has 10 nitrogen and oxygen atoms in total. The number of hydrogen-bond donors (Lipinski definition) is 1. The summed E-state index contributed by atoms with van der Waals surface area (Å²) in [6, 6.07) is 16.2. The summed E-state index contributed by atoms with van der Waals surface area (Å²) < 4.78 is 17.6. The first-order valence-corrected chi connectivity index (χ1v) is 13.9. The van der Waals surface area contributed by atoms with Crippen molar-refractivity contribution in [3.63, 3.8) is 0 Å². The number of aromatic nitrogens is 5. The van der Waals surface area contributed by atoms with E-state index < -0.39 is 18.1 Å². The molecular formula is C31H30FN7O3. The largest absolute Gasteiger partial charge is 0.354 e. The lowest BCUT2D eigenvalue weighted by Gasteiger charge is -2.23. The number of alkyl halides is 1. The van der Waals surface area contributed by atoms with Gasteiger partial charge in [0.1, 0.15) is 24.5 Å². The van der Waals surface area contributed by atoms with Gasteiger partial charge in [-0.3, -0.25) is 19.1 Å². The van der Waals surface area contributed by atoms with Crippen LogP contribution in [0.4, 0.5) is 4.39 Å². The minimum atomic E-state index is -1.30. The molecule has 5 aromatic rings. The Balaban J connectivity index is 1.22. The molecule has 11 heteroatoms. The average molecular weight is 568 g/mol. The number of halogens is 1. The molecule has 1 N–H and O–H groups in total. The summed E-state index contributed by atoms with van der Waals surface area (Å²) in [7, 11) is 0. The summed E-state index contributed by atoms with van der Waals surface area (Å²) in [6.07, 6.45) is 2.88. The highest BCUT2D eigenvalue weighted by atomic mass is 19.1. The molecule has 0 bridgehead atoms. The second-order valence-corrected chi connectivity index (χ2v) is 10.6. The van der Waals surface area contributed by atoms with E-state index in [-0.39, 0.29) is 36.9 Å². The maximum absolute atomic E-state index is 14.5. The summed E-state index contributed by atoms with van der Waals surface area (Å²) in [6.45, 7) is 3.30. The van der Waals surface area contributed by atoms with E-state index in [0.717, 1.165) is 28.0 Å². The van der Waals surface area contributed by atoms with Crippen LogP contribution in [0, 0.1) is 6.92 Å². The fraction of sp³-hybridized carbons (Fsp3) is 0.290. The smallest absolute Gasteiger partial charge is 0.245 e. The van der Waals surface area contributed by atoms with Crippen molar-refractivity contribution in [1.82, 2.24) is 34.6 Å². The van der Waals surface area contributed by atoms with Crippen LogP contribution in [-0.4, -0.2) is 72.2 Å².